The molecule has 152 valence electrons. The van der Waals surface area contributed by atoms with Gasteiger partial charge >= 0.3 is 0 Å². The predicted octanol–water partition coefficient (Wildman–Crippen LogP) is 4.85. The molecule has 0 saturated heterocycles. The fourth-order valence-electron chi connectivity index (χ4n) is 3.05. The summed E-state index contributed by atoms with van der Waals surface area (Å²) in [5.74, 6) is -0.247. The van der Waals surface area contributed by atoms with Gasteiger partial charge in [-0.05, 0) is 38.1 Å². The molecule has 0 aliphatic carbocycles. The maximum Gasteiger partial charge on any atom is 0.277 e. The van der Waals surface area contributed by atoms with Crippen LogP contribution < -0.4 is 10.9 Å². The van der Waals surface area contributed by atoms with Crippen LogP contribution in [-0.4, -0.2) is 20.7 Å². The van der Waals surface area contributed by atoms with Crippen LogP contribution in [0.15, 0.2) is 63.2 Å². The number of rotatable bonds is 5. The Bertz CT molecular complexity index is 1250. The van der Waals surface area contributed by atoms with Gasteiger partial charge in [-0.2, -0.15) is 4.68 Å². The van der Waals surface area contributed by atoms with Crippen molar-refractivity contribution < 1.29 is 4.79 Å². The summed E-state index contributed by atoms with van der Waals surface area (Å²) in [5, 5.41) is 8.32. The number of amides is 1. The van der Waals surface area contributed by atoms with Crippen LogP contribution in [-0.2, 0) is 11.2 Å². The van der Waals surface area contributed by atoms with Crippen LogP contribution in [0.25, 0.3) is 16.4 Å². The monoisotopic (exact) mass is 482 g/mol. The Kier molecular flexibility index (Phi) is 5.69. The molecule has 8 heteroatoms. The Balaban J connectivity index is 1.55. The van der Waals surface area contributed by atoms with E-state index in [0.717, 1.165) is 15.7 Å². The van der Waals surface area contributed by atoms with Crippen molar-refractivity contribution in [3.63, 3.8) is 0 Å². The van der Waals surface area contributed by atoms with Crippen molar-refractivity contribution in [3.8, 4) is 16.4 Å². The molecule has 6 nitrogen and oxygen atoms in total. The van der Waals surface area contributed by atoms with E-state index in [1.165, 1.54) is 21.6 Å². The smallest absolute Gasteiger partial charge is 0.277 e. The molecular formula is C22H19BrN4O2S. The number of benzene rings is 2. The van der Waals surface area contributed by atoms with Crippen molar-refractivity contribution >= 4 is 38.9 Å². The van der Waals surface area contributed by atoms with E-state index >= 15 is 0 Å². The summed E-state index contributed by atoms with van der Waals surface area (Å²) in [7, 11) is 0. The molecule has 0 bridgehead atoms. The van der Waals surface area contributed by atoms with Crippen LogP contribution in [0.2, 0.25) is 0 Å². The summed E-state index contributed by atoms with van der Waals surface area (Å²) in [5.41, 5.74) is 4.48. The Morgan fingerprint density at radius 1 is 1.13 bits per heavy atom. The minimum Gasteiger partial charge on any atom is -0.326 e. The Morgan fingerprint density at radius 2 is 1.83 bits per heavy atom. The molecule has 2 N–H and O–H groups in total. The molecule has 2 aromatic carbocycles. The van der Waals surface area contributed by atoms with Gasteiger partial charge in [0.05, 0.1) is 12.1 Å². The zero-order chi connectivity index (χ0) is 21.3. The van der Waals surface area contributed by atoms with Gasteiger partial charge in [0, 0.05) is 32.4 Å². The van der Waals surface area contributed by atoms with Crippen molar-refractivity contribution in [1.82, 2.24) is 14.8 Å². The topological polar surface area (TPSA) is 79.8 Å². The number of hydrogen-bond acceptors (Lipinski definition) is 4. The van der Waals surface area contributed by atoms with E-state index in [9.17, 15) is 9.59 Å². The maximum absolute atomic E-state index is 12.9. The van der Waals surface area contributed by atoms with Gasteiger partial charge in [0.2, 0.25) is 11.0 Å². The van der Waals surface area contributed by atoms with E-state index in [1.54, 1.807) is 19.1 Å². The van der Waals surface area contributed by atoms with Crippen LogP contribution in [0.5, 0.6) is 0 Å². The van der Waals surface area contributed by atoms with Gasteiger partial charge in [-0.25, -0.2) is 4.98 Å². The molecular weight excluding hydrogens is 464 g/mol. The lowest BCUT2D eigenvalue weighted by Gasteiger charge is -2.04. The standard InChI is InChI=1S/C22H19BrN4O2S/c1-13-3-5-15(6-4-13)19-12-30-22(25-19)27-21(29)18(14(2)26-27)11-20(28)24-17-9-7-16(23)8-10-17/h3-10,12,26H,11H2,1-2H3,(H,24,28). The molecule has 4 aromatic rings. The lowest BCUT2D eigenvalue weighted by molar-refractivity contribution is -0.115. The van der Waals surface area contributed by atoms with Crippen molar-refractivity contribution in [3.05, 3.63) is 85.6 Å². The summed E-state index contributed by atoms with van der Waals surface area (Å²) in [6.07, 6.45) is -0.0135. The second kappa shape index (κ2) is 8.41. The molecule has 2 aromatic heterocycles. The minimum absolute atomic E-state index is 0.0135. The second-order valence-corrected chi connectivity index (χ2v) is 8.72. The van der Waals surface area contributed by atoms with Crippen LogP contribution in [0.1, 0.15) is 16.8 Å². The van der Waals surface area contributed by atoms with Gasteiger partial charge in [0.1, 0.15) is 0 Å². The van der Waals surface area contributed by atoms with Gasteiger partial charge in [0.25, 0.3) is 5.56 Å². The van der Waals surface area contributed by atoms with E-state index in [1.807, 2.05) is 48.7 Å². The molecule has 0 saturated carbocycles. The van der Waals surface area contributed by atoms with E-state index < -0.39 is 0 Å². The summed E-state index contributed by atoms with van der Waals surface area (Å²) in [4.78, 5) is 30.0. The number of aromatic nitrogens is 3. The quantitative estimate of drug-likeness (QED) is 0.426. The predicted molar refractivity (Wildman–Crippen MR) is 123 cm³/mol. The fourth-order valence-corrected chi connectivity index (χ4v) is 4.10. The summed E-state index contributed by atoms with van der Waals surface area (Å²) in [6, 6.07) is 15.4. The summed E-state index contributed by atoms with van der Waals surface area (Å²) >= 11 is 4.74. The van der Waals surface area contributed by atoms with Gasteiger partial charge < -0.3 is 5.32 Å². The summed E-state index contributed by atoms with van der Waals surface area (Å²) < 4.78 is 2.33. The Morgan fingerprint density at radius 3 is 2.53 bits per heavy atom. The zero-order valence-corrected chi connectivity index (χ0v) is 18.8. The highest BCUT2D eigenvalue weighted by atomic mass is 79.9. The van der Waals surface area contributed by atoms with Gasteiger partial charge in [-0.1, -0.05) is 45.8 Å². The average Bonchev–Trinajstić information content (AvgIpc) is 3.31. The first-order valence-electron chi connectivity index (χ1n) is 9.29. The minimum atomic E-state index is -0.261. The van der Waals surface area contributed by atoms with Gasteiger partial charge in [-0.15, -0.1) is 11.3 Å². The van der Waals surface area contributed by atoms with Crippen LogP contribution in [0, 0.1) is 13.8 Å². The lowest BCUT2D eigenvalue weighted by atomic mass is 10.1. The largest absolute Gasteiger partial charge is 0.326 e. The number of aryl methyl sites for hydroxylation is 2. The molecule has 1 amide bonds. The number of H-pyrrole nitrogens is 1. The molecule has 2 heterocycles. The average molecular weight is 483 g/mol. The highest BCUT2D eigenvalue weighted by Gasteiger charge is 2.18. The van der Waals surface area contributed by atoms with Gasteiger partial charge in [-0.3, -0.25) is 14.7 Å². The third-order valence-corrected chi connectivity index (χ3v) is 6.04. The van der Waals surface area contributed by atoms with Crippen molar-refractivity contribution in [2.24, 2.45) is 0 Å². The molecule has 0 radical (unpaired) electrons. The number of carbonyl (C=O) groups is 1. The molecule has 30 heavy (non-hydrogen) atoms. The van der Waals surface area contributed by atoms with Gasteiger partial charge in [0.15, 0.2) is 0 Å². The molecule has 0 aliphatic heterocycles. The van der Waals surface area contributed by atoms with E-state index in [0.29, 0.717) is 22.1 Å². The molecule has 0 unspecified atom stereocenters. The highest BCUT2D eigenvalue weighted by molar-refractivity contribution is 9.10. The number of halogens is 1. The summed E-state index contributed by atoms with van der Waals surface area (Å²) in [6.45, 7) is 3.82. The maximum atomic E-state index is 12.9. The van der Waals surface area contributed by atoms with E-state index in [-0.39, 0.29) is 17.9 Å². The van der Waals surface area contributed by atoms with Crippen LogP contribution in [0.3, 0.4) is 0 Å². The number of aromatic amines is 1. The highest BCUT2D eigenvalue weighted by Crippen LogP contribution is 2.24. The number of nitrogens with zero attached hydrogens (tertiary/aromatic N) is 2. The molecule has 0 fully saturated rings. The number of anilines is 1. The van der Waals surface area contributed by atoms with Crippen molar-refractivity contribution in [2.45, 2.75) is 20.3 Å². The third-order valence-electron chi connectivity index (χ3n) is 4.69. The molecule has 4 rings (SSSR count). The number of nitrogens with one attached hydrogen (secondary N) is 2. The molecule has 0 spiro atoms. The van der Waals surface area contributed by atoms with E-state index in [4.69, 9.17) is 0 Å². The number of carbonyl (C=O) groups excluding carboxylic acids is 1. The van der Waals surface area contributed by atoms with Crippen LogP contribution in [0.4, 0.5) is 5.69 Å². The normalized spacial score (nSPS) is 10.9. The zero-order valence-electron chi connectivity index (χ0n) is 16.4. The Hall–Kier alpha value is -2.97. The first kappa shape index (κ1) is 20.3. The molecule has 0 aliphatic rings. The second-order valence-electron chi connectivity index (χ2n) is 6.97. The Labute approximate surface area is 185 Å². The van der Waals surface area contributed by atoms with Crippen molar-refractivity contribution in [1.29, 1.82) is 0 Å². The number of thiazole rings is 1. The number of hydrogen-bond donors (Lipinski definition) is 2. The van der Waals surface area contributed by atoms with Crippen molar-refractivity contribution in [2.75, 3.05) is 5.32 Å². The van der Waals surface area contributed by atoms with E-state index in [2.05, 4.69) is 31.3 Å². The third kappa shape index (κ3) is 4.29. The van der Waals surface area contributed by atoms with Crippen LogP contribution >= 0.6 is 27.3 Å². The first-order chi connectivity index (χ1) is 14.4. The SMILES string of the molecule is Cc1ccc(-c2csc(-n3[nH]c(C)c(CC(=O)Nc4ccc(Br)cc4)c3=O)n2)cc1. The fraction of sp³-hybridized carbons (Fsp3) is 0.136. The lowest BCUT2D eigenvalue weighted by Crippen LogP contribution is -2.22. The molecule has 0 atom stereocenters. The first-order valence-corrected chi connectivity index (χ1v) is 11.0.